The number of carbonyl (C=O) groups excluding carboxylic acids is 1. The first-order chi connectivity index (χ1) is 12.0. The Kier molecular flexibility index (Phi) is 7.92. The quantitative estimate of drug-likeness (QED) is 0.504. The smallest absolute Gasteiger partial charge is 0.223 e. The lowest BCUT2D eigenvalue weighted by atomic mass is 10.2. The molecule has 0 aliphatic carbocycles. The third kappa shape index (κ3) is 6.45. The predicted molar refractivity (Wildman–Crippen MR) is 99.9 cm³/mol. The molecule has 2 saturated heterocycles. The number of guanidine groups is 1. The molecule has 0 radical (unpaired) electrons. The van der Waals surface area contributed by atoms with Gasteiger partial charge in [-0.2, -0.15) is 0 Å². The summed E-state index contributed by atoms with van der Waals surface area (Å²) in [6.45, 7) is 8.16. The number of hydrogen-bond acceptors (Lipinski definition) is 5. The predicted octanol–water partition coefficient (Wildman–Crippen LogP) is -1.01. The lowest BCUT2D eigenvalue weighted by Gasteiger charge is -2.37. The minimum absolute atomic E-state index is 0.192. The second-order valence-electron chi connectivity index (χ2n) is 7.05. The number of hydrogen-bond donors (Lipinski definition) is 1. The summed E-state index contributed by atoms with van der Waals surface area (Å²) >= 11 is 0. The average molecular weight is 354 g/mol. The molecule has 2 aliphatic heterocycles. The van der Waals surface area contributed by atoms with Gasteiger partial charge in [0.05, 0.1) is 12.7 Å². The van der Waals surface area contributed by atoms with E-state index in [-0.39, 0.29) is 12.0 Å². The van der Waals surface area contributed by atoms with E-state index < -0.39 is 0 Å². The maximum atomic E-state index is 11.7. The van der Waals surface area contributed by atoms with Gasteiger partial charge in [0.1, 0.15) is 0 Å². The van der Waals surface area contributed by atoms with Crippen LogP contribution in [0.5, 0.6) is 0 Å². The lowest BCUT2D eigenvalue weighted by molar-refractivity contribution is -0.129. The van der Waals surface area contributed by atoms with Gasteiger partial charge in [0.2, 0.25) is 5.91 Å². The highest BCUT2D eigenvalue weighted by molar-refractivity contribution is 5.80. The molecule has 1 N–H and O–H groups in total. The van der Waals surface area contributed by atoms with Crippen LogP contribution in [-0.4, -0.2) is 125 Å². The fourth-order valence-electron chi connectivity index (χ4n) is 3.19. The zero-order valence-corrected chi connectivity index (χ0v) is 16.2. The van der Waals surface area contributed by atoms with Crippen LogP contribution >= 0.6 is 0 Å². The summed E-state index contributed by atoms with van der Waals surface area (Å²) in [4.78, 5) is 24.7. The lowest BCUT2D eigenvalue weighted by Crippen LogP contribution is -2.54. The standard InChI is InChI=1S/C17H34N6O2/c1-18-17(19-13-15-14-21(4)11-12-25-15)23-9-7-22(8-10-23)6-5-16(24)20(2)3/h15H,5-14H2,1-4H3,(H,18,19). The van der Waals surface area contributed by atoms with E-state index in [2.05, 4.69) is 32.1 Å². The molecule has 0 spiro atoms. The number of amides is 1. The fraction of sp³-hybridized carbons (Fsp3) is 0.882. The van der Waals surface area contributed by atoms with Crippen molar-refractivity contribution >= 4 is 11.9 Å². The summed E-state index contributed by atoms with van der Waals surface area (Å²) in [6.07, 6.45) is 0.806. The normalized spacial score (nSPS) is 23.6. The Morgan fingerprint density at radius 2 is 1.96 bits per heavy atom. The average Bonchev–Trinajstić information content (AvgIpc) is 2.61. The second kappa shape index (κ2) is 9.94. The molecule has 0 aromatic heterocycles. The Bertz CT molecular complexity index is 448. The number of ether oxygens (including phenoxy) is 1. The van der Waals surface area contributed by atoms with Crippen LogP contribution in [0.4, 0.5) is 0 Å². The van der Waals surface area contributed by atoms with Crippen LogP contribution in [0.15, 0.2) is 4.99 Å². The second-order valence-corrected chi connectivity index (χ2v) is 7.05. The van der Waals surface area contributed by atoms with Crippen molar-refractivity contribution in [3.63, 3.8) is 0 Å². The van der Waals surface area contributed by atoms with Gasteiger partial charge < -0.3 is 24.8 Å². The van der Waals surface area contributed by atoms with Crippen molar-refractivity contribution in [2.75, 3.05) is 87.2 Å². The Morgan fingerprint density at radius 1 is 1.24 bits per heavy atom. The first kappa shape index (κ1) is 19.9. The summed E-state index contributed by atoms with van der Waals surface area (Å²) < 4.78 is 5.80. The third-order valence-corrected chi connectivity index (χ3v) is 4.85. The van der Waals surface area contributed by atoms with E-state index in [1.165, 1.54) is 0 Å². The van der Waals surface area contributed by atoms with E-state index in [0.29, 0.717) is 6.42 Å². The van der Waals surface area contributed by atoms with Crippen molar-refractivity contribution in [1.29, 1.82) is 0 Å². The molecule has 1 unspecified atom stereocenters. The number of likely N-dealkylation sites (N-methyl/N-ethyl adjacent to an activating group) is 1. The molecule has 2 heterocycles. The van der Waals surface area contributed by atoms with E-state index in [1.54, 1.807) is 4.90 Å². The van der Waals surface area contributed by atoms with Gasteiger partial charge in [-0.3, -0.25) is 14.7 Å². The first-order valence-corrected chi connectivity index (χ1v) is 9.18. The number of carbonyl (C=O) groups is 1. The van der Waals surface area contributed by atoms with Crippen LogP contribution in [0.2, 0.25) is 0 Å². The minimum Gasteiger partial charge on any atom is -0.374 e. The monoisotopic (exact) mass is 354 g/mol. The third-order valence-electron chi connectivity index (χ3n) is 4.85. The number of nitrogens with one attached hydrogen (secondary N) is 1. The molecule has 0 saturated carbocycles. The molecular formula is C17H34N6O2. The van der Waals surface area contributed by atoms with E-state index in [1.807, 2.05) is 21.1 Å². The molecule has 8 heteroatoms. The molecule has 0 bridgehead atoms. The van der Waals surface area contributed by atoms with Crippen LogP contribution in [0.25, 0.3) is 0 Å². The Hall–Kier alpha value is -1.38. The van der Waals surface area contributed by atoms with Crippen molar-refractivity contribution in [1.82, 2.24) is 24.9 Å². The maximum Gasteiger partial charge on any atom is 0.223 e. The molecule has 0 aromatic carbocycles. The van der Waals surface area contributed by atoms with Crippen LogP contribution in [-0.2, 0) is 9.53 Å². The summed E-state index contributed by atoms with van der Waals surface area (Å²) in [5.41, 5.74) is 0. The summed E-state index contributed by atoms with van der Waals surface area (Å²) in [6, 6.07) is 0. The highest BCUT2D eigenvalue weighted by Gasteiger charge is 2.22. The molecule has 2 fully saturated rings. The largest absolute Gasteiger partial charge is 0.374 e. The van der Waals surface area contributed by atoms with Gasteiger partial charge in [-0.25, -0.2) is 0 Å². The Balaban J connectivity index is 1.69. The number of nitrogens with zero attached hydrogens (tertiary/aromatic N) is 5. The van der Waals surface area contributed by atoms with Crippen molar-refractivity contribution < 1.29 is 9.53 Å². The summed E-state index contributed by atoms with van der Waals surface area (Å²) in [5.74, 6) is 1.14. The zero-order chi connectivity index (χ0) is 18.2. The van der Waals surface area contributed by atoms with E-state index in [4.69, 9.17) is 4.74 Å². The topological polar surface area (TPSA) is 63.7 Å². The molecule has 0 aromatic rings. The van der Waals surface area contributed by atoms with Gasteiger partial charge in [0.15, 0.2) is 5.96 Å². The molecular weight excluding hydrogens is 320 g/mol. The molecule has 1 amide bonds. The highest BCUT2D eigenvalue weighted by Crippen LogP contribution is 2.05. The minimum atomic E-state index is 0.192. The molecule has 2 aliphatic rings. The molecule has 2 rings (SSSR count). The van der Waals surface area contributed by atoms with Gasteiger partial charge in [-0.15, -0.1) is 0 Å². The summed E-state index contributed by atoms with van der Waals surface area (Å²) in [5, 5.41) is 3.45. The van der Waals surface area contributed by atoms with Crippen LogP contribution < -0.4 is 5.32 Å². The molecule has 8 nitrogen and oxygen atoms in total. The van der Waals surface area contributed by atoms with Crippen LogP contribution in [0.3, 0.4) is 0 Å². The first-order valence-electron chi connectivity index (χ1n) is 9.18. The fourth-order valence-corrected chi connectivity index (χ4v) is 3.19. The van der Waals surface area contributed by atoms with E-state index in [9.17, 15) is 4.79 Å². The van der Waals surface area contributed by atoms with Crippen LogP contribution in [0.1, 0.15) is 6.42 Å². The number of rotatable bonds is 5. The number of morpholine rings is 1. The van der Waals surface area contributed by atoms with Crippen molar-refractivity contribution in [2.45, 2.75) is 12.5 Å². The van der Waals surface area contributed by atoms with Crippen molar-refractivity contribution in [2.24, 2.45) is 4.99 Å². The van der Waals surface area contributed by atoms with Gasteiger partial charge in [0.25, 0.3) is 0 Å². The van der Waals surface area contributed by atoms with Crippen molar-refractivity contribution in [3.8, 4) is 0 Å². The van der Waals surface area contributed by atoms with Gasteiger partial charge in [-0.1, -0.05) is 0 Å². The zero-order valence-electron chi connectivity index (χ0n) is 16.2. The van der Waals surface area contributed by atoms with Gasteiger partial charge in [-0.05, 0) is 7.05 Å². The van der Waals surface area contributed by atoms with Gasteiger partial charge in [0, 0.05) is 79.9 Å². The molecule has 25 heavy (non-hydrogen) atoms. The maximum absolute atomic E-state index is 11.7. The van der Waals surface area contributed by atoms with E-state index >= 15 is 0 Å². The Morgan fingerprint density at radius 3 is 2.56 bits per heavy atom. The Labute approximate surface area is 151 Å². The van der Waals surface area contributed by atoms with Crippen molar-refractivity contribution in [3.05, 3.63) is 0 Å². The highest BCUT2D eigenvalue weighted by atomic mass is 16.5. The SMILES string of the molecule is CN=C(NCC1CN(C)CCO1)N1CCN(CCC(=O)N(C)C)CC1. The summed E-state index contributed by atoms with van der Waals surface area (Å²) in [7, 11) is 7.58. The molecule has 144 valence electrons. The van der Waals surface area contributed by atoms with Gasteiger partial charge >= 0.3 is 0 Å². The number of piperazine rings is 1. The van der Waals surface area contributed by atoms with E-state index in [0.717, 1.165) is 64.9 Å². The van der Waals surface area contributed by atoms with Crippen LogP contribution in [0, 0.1) is 0 Å². The number of aliphatic imine (C=N–C) groups is 1. The molecule has 1 atom stereocenters.